The van der Waals surface area contributed by atoms with Crippen molar-refractivity contribution in [2.75, 3.05) is 39.8 Å². The van der Waals surface area contributed by atoms with E-state index in [2.05, 4.69) is 25.8 Å². The number of benzene rings is 1. The average Bonchev–Trinajstić information content (AvgIpc) is 2.69. The van der Waals surface area contributed by atoms with E-state index in [0.717, 1.165) is 51.0 Å². The number of hydrogen-bond donors (Lipinski definition) is 3. The van der Waals surface area contributed by atoms with E-state index in [-0.39, 0.29) is 35.9 Å². The Bertz CT molecular complexity index is 666. The Labute approximate surface area is 188 Å². The minimum absolute atomic E-state index is 0. The van der Waals surface area contributed by atoms with Gasteiger partial charge < -0.3 is 16.0 Å². The van der Waals surface area contributed by atoms with E-state index in [1.165, 1.54) is 6.07 Å². The molecule has 2 rings (SSSR count). The van der Waals surface area contributed by atoms with Crippen molar-refractivity contribution in [1.82, 2.24) is 20.9 Å². The Hall–Kier alpha value is -1.49. The lowest BCUT2D eigenvalue weighted by atomic mass is 10.1. The lowest BCUT2D eigenvalue weighted by molar-refractivity contribution is -0.122. The summed E-state index contributed by atoms with van der Waals surface area (Å²) in [6.45, 7) is 5.35. The van der Waals surface area contributed by atoms with Crippen LogP contribution < -0.4 is 16.0 Å². The first-order valence-corrected chi connectivity index (χ1v) is 9.92. The van der Waals surface area contributed by atoms with E-state index in [4.69, 9.17) is 0 Å². The summed E-state index contributed by atoms with van der Waals surface area (Å²) in [5, 5.41) is 9.42. The van der Waals surface area contributed by atoms with Crippen LogP contribution in [0.1, 0.15) is 31.7 Å². The molecule has 0 aliphatic carbocycles. The van der Waals surface area contributed by atoms with Crippen LogP contribution in [-0.2, 0) is 11.2 Å². The lowest BCUT2D eigenvalue weighted by Crippen LogP contribution is -2.50. The molecule has 0 saturated carbocycles. The highest BCUT2D eigenvalue weighted by Gasteiger charge is 2.21. The highest BCUT2D eigenvalue weighted by Crippen LogP contribution is 2.11. The van der Waals surface area contributed by atoms with E-state index >= 15 is 0 Å². The molecule has 1 fully saturated rings. The zero-order valence-corrected chi connectivity index (χ0v) is 19.5. The van der Waals surface area contributed by atoms with E-state index in [9.17, 15) is 13.6 Å². The van der Waals surface area contributed by atoms with Crippen molar-refractivity contribution in [2.24, 2.45) is 4.99 Å². The molecule has 1 saturated heterocycles. The fourth-order valence-corrected chi connectivity index (χ4v) is 3.20. The van der Waals surface area contributed by atoms with Gasteiger partial charge in [-0.2, -0.15) is 0 Å². The van der Waals surface area contributed by atoms with Crippen LogP contribution in [0.15, 0.2) is 23.2 Å². The molecule has 1 heterocycles. The molecule has 9 heteroatoms. The van der Waals surface area contributed by atoms with Crippen LogP contribution in [0.25, 0.3) is 0 Å². The maximum Gasteiger partial charge on any atom is 0.234 e. The van der Waals surface area contributed by atoms with Crippen molar-refractivity contribution in [1.29, 1.82) is 0 Å². The van der Waals surface area contributed by atoms with Gasteiger partial charge in [-0.3, -0.25) is 14.7 Å². The number of likely N-dealkylation sites (tertiary alicyclic amines) is 1. The molecule has 1 aromatic rings. The van der Waals surface area contributed by atoms with Gasteiger partial charge in [0.05, 0.1) is 6.54 Å². The van der Waals surface area contributed by atoms with Gasteiger partial charge in [-0.25, -0.2) is 8.78 Å². The summed E-state index contributed by atoms with van der Waals surface area (Å²) in [6.07, 6.45) is 3.14. The highest BCUT2D eigenvalue weighted by molar-refractivity contribution is 14.0. The molecule has 3 N–H and O–H groups in total. The Balaban J connectivity index is 0.00000420. The first-order chi connectivity index (χ1) is 13.5. The number of hydrogen-bond acceptors (Lipinski definition) is 3. The monoisotopic (exact) mass is 523 g/mol. The predicted octanol–water partition coefficient (Wildman–Crippen LogP) is 2.28. The smallest absolute Gasteiger partial charge is 0.234 e. The number of nitrogens with zero attached hydrogens (tertiary/aromatic N) is 2. The maximum absolute atomic E-state index is 13.7. The average molecular weight is 523 g/mol. The molecule has 0 aromatic heterocycles. The number of amides is 1. The number of aliphatic imine (C=N–C) groups is 1. The van der Waals surface area contributed by atoms with Crippen LogP contribution >= 0.6 is 24.0 Å². The normalized spacial score (nSPS) is 15.5. The minimum Gasteiger partial charge on any atom is -0.356 e. The number of guanidine groups is 1. The molecule has 1 aromatic carbocycles. The Kier molecular flexibility index (Phi) is 12.1. The van der Waals surface area contributed by atoms with Gasteiger partial charge in [-0.05, 0) is 49.4 Å². The summed E-state index contributed by atoms with van der Waals surface area (Å²) in [5.41, 5.74) is 0.345. The molecule has 6 nitrogen and oxygen atoms in total. The van der Waals surface area contributed by atoms with Gasteiger partial charge in [-0.15, -0.1) is 24.0 Å². The zero-order chi connectivity index (χ0) is 20.4. The van der Waals surface area contributed by atoms with E-state index in [1.54, 1.807) is 7.05 Å². The molecule has 1 amide bonds. The fraction of sp³-hybridized carbons (Fsp3) is 0.600. The fourth-order valence-electron chi connectivity index (χ4n) is 3.20. The van der Waals surface area contributed by atoms with Crippen molar-refractivity contribution in [2.45, 2.75) is 38.6 Å². The molecule has 29 heavy (non-hydrogen) atoms. The van der Waals surface area contributed by atoms with Crippen LogP contribution in [0.2, 0.25) is 0 Å². The summed E-state index contributed by atoms with van der Waals surface area (Å²) in [7, 11) is 1.69. The van der Waals surface area contributed by atoms with Gasteiger partial charge in [0.25, 0.3) is 0 Å². The highest BCUT2D eigenvalue weighted by atomic mass is 127. The van der Waals surface area contributed by atoms with Crippen molar-refractivity contribution in [3.63, 3.8) is 0 Å². The number of halogens is 3. The number of piperidine rings is 1. The molecule has 0 unspecified atom stereocenters. The van der Waals surface area contributed by atoms with Crippen LogP contribution in [-0.4, -0.2) is 62.6 Å². The number of carbonyl (C=O) groups is 1. The van der Waals surface area contributed by atoms with Gasteiger partial charge >= 0.3 is 0 Å². The van der Waals surface area contributed by atoms with Crippen molar-refractivity contribution < 1.29 is 13.6 Å². The van der Waals surface area contributed by atoms with Crippen molar-refractivity contribution in [3.05, 3.63) is 35.4 Å². The Morgan fingerprint density at radius 2 is 1.93 bits per heavy atom. The Morgan fingerprint density at radius 1 is 1.21 bits per heavy atom. The zero-order valence-electron chi connectivity index (χ0n) is 17.1. The van der Waals surface area contributed by atoms with Crippen LogP contribution in [0.4, 0.5) is 8.78 Å². The molecule has 1 aliphatic heterocycles. The molecular weight excluding hydrogens is 491 g/mol. The second-order valence-electron chi connectivity index (χ2n) is 7.03. The third-order valence-corrected chi connectivity index (χ3v) is 4.79. The van der Waals surface area contributed by atoms with Crippen molar-refractivity contribution in [3.8, 4) is 0 Å². The van der Waals surface area contributed by atoms with Gasteiger partial charge in [0.1, 0.15) is 11.6 Å². The quantitative estimate of drug-likeness (QED) is 0.278. The Morgan fingerprint density at radius 3 is 2.59 bits per heavy atom. The molecule has 0 spiro atoms. The largest absolute Gasteiger partial charge is 0.356 e. The second-order valence-corrected chi connectivity index (χ2v) is 7.03. The van der Waals surface area contributed by atoms with Crippen LogP contribution in [0.5, 0.6) is 0 Å². The molecular formula is C20H32F2IN5O. The summed E-state index contributed by atoms with van der Waals surface area (Å²) in [6, 6.07) is 3.76. The number of carbonyl (C=O) groups excluding carboxylic acids is 1. The van der Waals surface area contributed by atoms with E-state index in [1.807, 2.05) is 6.92 Å². The topological polar surface area (TPSA) is 68.8 Å². The van der Waals surface area contributed by atoms with Crippen LogP contribution in [0, 0.1) is 11.6 Å². The molecule has 0 atom stereocenters. The predicted molar refractivity (Wildman–Crippen MR) is 123 cm³/mol. The number of nitrogens with one attached hydrogen (secondary N) is 3. The lowest BCUT2D eigenvalue weighted by Gasteiger charge is -2.32. The molecule has 0 bridgehead atoms. The number of rotatable bonds is 8. The van der Waals surface area contributed by atoms with Gasteiger partial charge in [0.2, 0.25) is 5.91 Å². The van der Waals surface area contributed by atoms with Crippen LogP contribution in [0.3, 0.4) is 0 Å². The van der Waals surface area contributed by atoms with Crippen molar-refractivity contribution >= 4 is 35.8 Å². The van der Waals surface area contributed by atoms with E-state index < -0.39 is 11.6 Å². The minimum atomic E-state index is -0.436. The summed E-state index contributed by atoms with van der Waals surface area (Å²) in [5.74, 6) is -0.109. The van der Waals surface area contributed by atoms with E-state index in [0.29, 0.717) is 31.0 Å². The third-order valence-electron chi connectivity index (χ3n) is 4.79. The van der Waals surface area contributed by atoms with Gasteiger partial charge in [0, 0.05) is 39.3 Å². The first kappa shape index (κ1) is 25.5. The SMILES string of the molecule is CCCNC(=O)CN1CCC(NC(=NC)NCCc2cc(F)ccc2F)CC1.I. The maximum atomic E-state index is 13.7. The molecule has 1 aliphatic rings. The third kappa shape index (κ3) is 9.24. The first-order valence-electron chi connectivity index (χ1n) is 9.92. The van der Waals surface area contributed by atoms with Gasteiger partial charge in [0.15, 0.2) is 5.96 Å². The molecule has 164 valence electrons. The molecule has 0 radical (unpaired) electrons. The summed E-state index contributed by atoms with van der Waals surface area (Å²) in [4.78, 5) is 18.2. The summed E-state index contributed by atoms with van der Waals surface area (Å²) < 4.78 is 26.9. The standard InChI is InChI=1S/C20H31F2N5O.HI/c1-3-9-24-19(28)14-27-11-7-17(8-12-27)26-20(23-2)25-10-6-15-13-16(21)4-5-18(15)22;/h4-5,13,17H,3,6-12,14H2,1-2H3,(H,24,28)(H2,23,25,26);1H. The second kappa shape index (κ2) is 13.7. The van der Waals surface area contributed by atoms with Gasteiger partial charge in [-0.1, -0.05) is 6.92 Å². The summed E-state index contributed by atoms with van der Waals surface area (Å²) >= 11 is 0.